The van der Waals surface area contributed by atoms with Crippen molar-refractivity contribution in [2.75, 3.05) is 11.9 Å². The van der Waals surface area contributed by atoms with Gasteiger partial charge < -0.3 is 10.1 Å². The lowest BCUT2D eigenvalue weighted by Crippen LogP contribution is -2.26. The van der Waals surface area contributed by atoms with E-state index >= 15 is 0 Å². The minimum absolute atomic E-state index is 0.122. The highest BCUT2D eigenvalue weighted by Crippen LogP contribution is 2.13. The van der Waals surface area contributed by atoms with Gasteiger partial charge >= 0.3 is 5.97 Å². The standard InChI is InChI=1S/C18H18N4O4/c1-3-26-18(25)12-5-4-6-13(9-12)21-16(23)10-14-11(2)20-15-7-8-19-22(15)17(14)24/h4-9,19H,3,10H2,1-2H3,(H,21,23). The van der Waals surface area contributed by atoms with Gasteiger partial charge in [0.25, 0.3) is 5.56 Å². The van der Waals surface area contributed by atoms with Crippen molar-refractivity contribution in [2.45, 2.75) is 20.3 Å². The zero-order valence-electron chi connectivity index (χ0n) is 14.4. The molecule has 0 aliphatic rings. The van der Waals surface area contributed by atoms with Gasteiger partial charge in [-0.05, 0) is 32.0 Å². The fourth-order valence-corrected chi connectivity index (χ4v) is 2.61. The zero-order chi connectivity index (χ0) is 18.7. The first-order valence-corrected chi connectivity index (χ1v) is 8.12. The lowest BCUT2D eigenvalue weighted by molar-refractivity contribution is -0.115. The van der Waals surface area contributed by atoms with Gasteiger partial charge in [0.1, 0.15) is 0 Å². The summed E-state index contributed by atoms with van der Waals surface area (Å²) in [5.74, 6) is -0.835. The molecule has 2 aromatic heterocycles. The molecule has 1 aromatic carbocycles. The van der Waals surface area contributed by atoms with Crippen molar-refractivity contribution >= 4 is 23.2 Å². The average Bonchev–Trinajstić information content (AvgIpc) is 3.07. The van der Waals surface area contributed by atoms with Crippen LogP contribution in [0.25, 0.3) is 5.65 Å². The van der Waals surface area contributed by atoms with E-state index in [1.807, 2.05) is 0 Å². The van der Waals surface area contributed by atoms with Gasteiger partial charge in [0.05, 0.1) is 18.6 Å². The van der Waals surface area contributed by atoms with E-state index in [4.69, 9.17) is 4.74 Å². The molecule has 0 aliphatic carbocycles. The van der Waals surface area contributed by atoms with E-state index in [1.54, 1.807) is 44.3 Å². The molecule has 3 rings (SSSR count). The number of aryl methyl sites for hydroxylation is 1. The van der Waals surface area contributed by atoms with Gasteiger partial charge in [-0.1, -0.05) is 6.07 Å². The number of anilines is 1. The average molecular weight is 354 g/mol. The zero-order valence-corrected chi connectivity index (χ0v) is 14.4. The maximum atomic E-state index is 12.5. The summed E-state index contributed by atoms with van der Waals surface area (Å²) in [5.41, 5.74) is 1.79. The first-order valence-electron chi connectivity index (χ1n) is 8.12. The number of aromatic amines is 1. The number of hydrogen-bond acceptors (Lipinski definition) is 5. The summed E-state index contributed by atoms with van der Waals surface area (Å²) in [6, 6.07) is 8.12. The van der Waals surface area contributed by atoms with Crippen molar-refractivity contribution in [3.8, 4) is 0 Å². The molecule has 3 aromatic rings. The van der Waals surface area contributed by atoms with Crippen molar-refractivity contribution in [2.24, 2.45) is 0 Å². The maximum absolute atomic E-state index is 12.5. The minimum atomic E-state index is -0.459. The Morgan fingerprint density at radius 2 is 2.12 bits per heavy atom. The van der Waals surface area contributed by atoms with Crippen LogP contribution in [0.2, 0.25) is 0 Å². The van der Waals surface area contributed by atoms with Crippen LogP contribution in [-0.4, -0.2) is 33.1 Å². The molecule has 0 bridgehead atoms. The number of rotatable bonds is 5. The number of benzene rings is 1. The molecule has 0 radical (unpaired) electrons. The largest absolute Gasteiger partial charge is 0.462 e. The third kappa shape index (κ3) is 3.49. The van der Waals surface area contributed by atoms with Gasteiger partial charge in [-0.25, -0.2) is 14.3 Å². The fraction of sp³-hybridized carbons (Fsp3) is 0.222. The molecule has 1 amide bonds. The number of nitrogens with zero attached hydrogens (tertiary/aromatic N) is 2. The molecule has 8 heteroatoms. The molecule has 0 fully saturated rings. The molecule has 8 nitrogen and oxygen atoms in total. The molecule has 26 heavy (non-hydrogen) atoms. The number of carbonyl (C=O) groups excluding carboxylic acids is 2. The highest BCUT2D eigenvalue weighted by Gasteiger charge is 2.15. The van der Waals surface area contributed by atoms with Crippen molar-refractivity contribution in [3.63, 3.8) is 0 Å². The van der Waals surface area contributed by atoms with Crippen molar-refractivity contribution in [1.82, 2.24) is 14.6 Å². The number of carbonyl (C=O) groups is 2. The number of fused-ring (bicyclic) bond motifs is 1. The van der Waals surface area contributed by atoms with Gasteiger partial charge in [0.2, 0.25) is 5.91 Å². The Balaban J connectivity index is 1.79. The number of hydrogen-bond donors (Lipinski definition) is 2. The summed E-state index contributed by atoms with van der Waals surface area (Å²) in [6.45, 7) is 3.69. The molecular formula is C18H18N4O4. The van der Waals surface area contributed by atoms with Gasteiger partial charge in [-0.2, -0.15) is 0 Å². The number of H-pyrrole nitrogens is 1. The Kier molecular flexibility index (Phi) is 4.83. The molecular weight excluding hydrogens is 336 g/mol. The minimum Gasteiger partial charge on any atom is -0.462 e. The van der Waals surface area contributed by atoms with Crippen LogP contribution in [0.5, 0.6) is 0 Å². The molecule has 0 saturated heterocycles. The van der Waals surface area contributed by atoms with E-state index < -0.39 is 5.97 Å². The summed E-state index contributed by atoms with van der Waals surface area (Å²) < 4.78 is 6.23. The lowest BCUT2D eigenvalue weighted by atomic mass is 10.1. The van der Waals surface area contributed by atoms with Crippen LogP contribution in [0.1, 0.15) is 28.5 Å². The van der Waals surface area contributed by atoms with E-state index in [1.165, 1.54) is 10.6 Å². The maximum Gasteiger partial charge on any atom is 0.338 e. The Morgan fingerprint density at radius 1 is 1.31 bits per heavy atom. The van der Waals surface area contributed by atoms with E-state index in [9.17, 15) is 14.4 Å². The summed E-state index contributed by atoms with van der Waals surface area (Å²) in [4.78, 5) is 40.9. The SMILES string of the molecule is CCOC(=O)c1cccc(NC(=O)Cc2c(C)nc3cc[nH]n3c2=O)c1. The van der Waals surface area contributed by atoms with E-state index in [-0.39, 0.29) is 24.5 Å². The molecule has 2 heterocycles. The van der Waals surface area contributed by atoms with Crippen molar-refractivity contribution in [1.29, 1.82) is 0 Å². The van der Waals surface area contributed by atoms with E-state index in [2.05, 4.69) is 15.4 Å². The normalized spacial score (nSPS) is 10.7. The van der Waals surface area contributed by atoms with E-state index in [0.29, 0.717) is 28.2 Å². The third-order valence-corrected chi connectivity index (χ3v) is 3.84. The quantitative estimate of drug-likeness (QED) is 0.678. The van der Waals surface area contributed by atoms with Crippen LogP contribution >= 0.6 is 0 Å². The fourth-order valence-electron chi connectivity index (χ4n) is 2.61. The van der Waals surface area contributed by atoms with Gasteiger partial charge in [0.15, 0.2) is 5.65 Å². The van der Waals surface area contributed by atoms with Crippen LogP contribution in [-0.2, 0) is 16.0 Å². The second kappa shape index (κ2) is 7.22. The molecule has 0 spiro atoms. The summed E-state index contributed by atoms with van der Waals surface area (Å²) in [5, 5.41) is 5.46. The van der Waals surface area contributed by atoms with Gasteiger partial charge in [-0.15, -0.1) is 0 Å². The summed E-state index contributed by atoms with van der Waals surface area (Å²) in [6.07, 6.45) is 1.48. The smallest absolute Gasteiger partial charge is 0.338 e. The van der Waals surface area contributed by atoms with Gasteiger partial charge in [0, 0.05) is 29.2 Å². The Morgan fingerprint density at radius 3 is 2.88 bits per heavy atom. The van der Waals surface area contributed by atoms with E-state index in [0.717, 1.165) is 0 Å². The highest BCUT2D eigenvalue weighted by molar-refractivity contribution is 5.95. The molecule has 0 saturated carbocycles. The Hall–Kier alpha value is -3.42. The van der Waals surface area contributed by atoms with Crippen LogP contribution in [0, 0.1) is 6.92 Å². The Labute approximate surface area is 148 Å². The predicted octanol–water partition coefficient (Wildman–Crippen LogP) is 1.69. The van der Waals surface area contributed by atoms with Crippen LogP contribution in [0.3, 0.4) is 0 Å². The number of amides is 1. The van der Waals surface area contributed by atoms with Gasteiger partial charge in [-0.3, -0.25) is 14.7 Å². The van der Waals surface area contributed by atoms with Crippen molar-refractivity contribution < 1.29 is 14.3 Å². The number of nitrogens with one attached hydrogen (secondary N) is 2. The summed E-state index contributed by atoms with van der Waals surface area (Å²) in [7, 11) is 0. The number of aromatic nitrogens is 3. The van der Waals surface area contributed by atoms with Crippen molar-refractivity contribution in [3.05, 3.63) is 63.7 Å². The van der Waals surface area contributed by atoms with Crippen LogP contribution < -0.4 is 10.9 Å². The first kappa shape index (κ1) is 17.4. The number of esters is 1. The summed E-state index contributed by atoms with van der Waals surface area (Å²) >= 11 is 0. The molecule has 2 N–H and O–H groups in total. The first-order chi connectivity index (χ1) is 12.5. The highest BCUT2D eigenvalue weighted by atomic mass is 16.5. The second-order valence-electron chi connectivity index (χ2n) is 5.66. The molecule has 0 unspecified atom stereocenters. The van der Waals surface area contributed by atoms with Crippen LogP contribution in [0.4, 0.5) is 5.69 Å². The predicted molar refractivity (Wildman–Crippen MR) is 95.3 cm³/mol. The molecule has 0 aliphatic heterocycles. The van der Waals surface area contributed by atoms with Crippen LogP contribution in [0.15, 0.2) is 41.3 Å². The third-order valence-electron chi connectivity index (χ3n) is 3.84. The molecule has 0 atom stereocenters. The lowest BCUT2D eigenvalue weighted by Gasteiger charge is -2.08. The second-order valence-corrected chi connectivity index (χ2v) is 5.66. The monoisotopic (exact) mass is 354 g/mol. The Bertz CT molecular complexity index is 1040. The molecule has 134 valence electrons. The number of ether oxygens (including phenoxy) is 1. The topological polar surface area (TPSA) is 106 Å².